The van der Waals surface area contributed by atoms with Gasteiger partial charge in [-0.05, 0) is 72.6 Å². The molecule has 4 atom stereocenters. The number of aromatic amines is 2. The SMILES string of the molecule is COC(=O)N[C@H](C(=O)N1OC2(CCC2)C[C@H]1c1ncc(-c2ccc(-c3ccc(-c4cnc([C@@H]5CC6(CCC6)ON5C(=O)[C@@H](NC(=O)OC)C(C)C)[nH]4)cc3)cc2)[nH]1)C(C)C. The summed E-state index contributed by atoms with van der Waals surface area (Å²) in [5.41, 5.74) is 4.75. The fourth-order valence-electron chi connectivity index (χ4n) is 8.70. The summed E-state index contributed by atoms with van der Waals surface area (Å²) in [6.45, 7) is 7.48. The fourth-order valence-corrected chi connectivity index (χ4v) is 8.70. The normalized spacial score (nSPS) is 21.1. The lowest BCUT2D eigenvalue weighted by Gasteiger charge is -2.37. The van der Waals surface area contributed by atoms with Gasteiger partial charge in [-0.15, -0.1) is 0 Å². The average molecular weight is 823 g/mol. The van der Waals surface area contributed by atoms with E-state index in [-0.39, 0.29) is 23.7 Å². The number of H-pyrrole nitrogens is 2. The number of benzene rings is 2. The van der Waals surface area contributed by atoms with E-state index in [9.17, 15) is 19.2 Å². The highest BCUT2D eigenvalue weighted by Gasteiger charge is 2.55. The van der Waals surface area contributed by atoms with Gasteiger partial charge in [0.2, 0.25) is 0 Å². The van der Waals surface area contributed by atoms with Gasteiger partial charge in [-0.3, -0.25) is 19.3 Å². The van der Waals surface area contributed by atoms with Gasteiger partial charge in [-0.25, -0.2) is 29.7 Å². The number of aromatic nitrogens is 4. The Balaban J connectivity index is 0.954. The van der Waals surface area contributed by atoms with Gasteiger partial charge in [0.1, 0.15) is 35.8 Å². The van der Waals surface area contributed by atoms with Gasteiger partial charge in [0.15, 0.2) is 0 Å². The Kier molecular flexibility index (Phi) is 11.2. The summed E-state index contributed by atoms with van der Waals surface area (Å²) < 4.78 is 9.58. The first-order valence-electron chi connectivity index (χ1n) is 20.9. The maximum Gasteiger partial charge on any atom is 0.407 e. The van der Waals surface area contributed by atoms with Crippen LogP contribution in [0.1, 0.15) is 103 Å². The minimum atomic E-state index is -0.820. The molecule has 16 heteroatoms. The molecule has 2 aromatic carbocycles. The smallest absolute Gasteiger partial charge is 0.407 e. The molecule has 2 spiro atoms. The highest BCUT2D eigenvalue weighted by molar-refractivity contribution is 5.86. The van der Waals surface area contributed by atoms with Crippen molar-refractivity contribution in [2.75, 3.05) is 14.2 Å². The Bertz CT molecular complexity index is 2050. The second-order valence-electron chi connectivity index (χ2n) is 17.3. The number of methoxy groups -OCH3 is 2. The highest BCUT2D eigenvalue weighted by atomic mass is 16.7. The van der Waals surface area contributed by atoms with Crippen LogP contribution in [0.15, 0.2) is 60.9 Å². The number of ether oxygens (including phenoxy) is 2. The molecule has 4 aliphatic rings. The summed E-state index contributed by atoms with van der Waals surface area (Å²) in [7, 11) is 2.55. The van der Waals surface area contributed by atoms with Crippen molar-refractivity contribution in [3.05, 3.63) is 72.6 Å². The number of hydroxylamine groups is 4. The molecule has 2 aliphatic heterocycles. The predicted molar refractivity (Wildman–Crippen MR) is 219 cm³/mol. The topological polar surface area (TPSA) is 193 Å². The van der Waals surface area contributed by atoms with E-state index in [1.54, 1.807) is 12.4 Å². The molecule has 4 aromatic rings. The number of nitrogens with zero attached hydrogens (tertiary/aromatic N) is 4. The molecule has 4 fully saturated rings. The van der Waals surface area contributed by atoms with Crippen molar-refractivity contribution in [2.24, 2.45) is 11.8 Å². The van der Waals surface area contributed by atoms with Crippen LogP contribution in [-0.2, 0) is 28.7 Å². The van der Waals surface area contributed by atoms with E-state index in [0.717, 1.165) is 72.2 Å². The standard InChI is InChI=1S/C44H54N8O8/c1-25(2)35(49-41(55)57-5)39(53)51-33(21-43(59-51)17-7-18-43)37-45-23-31(47-37)29-13-9-27(10-14-29)28-11-15-30(16-12-28)32-24-46-38(48-32)34-22-44(19-8-20-44)60-52(34)40(54)36(26(3)4)50-42(56)58-6/h9-16,23-26,33-36H,7-8,17-22H2,1-6H3,(H,45,47)(H,46,48)(H,49,55)(H,50,56)/t33-,34-,35-,36-/m0/s1. The van der Waals surface area contributed by atoms with Gasteiger partial charge in [-0.1, -0.05) is 76.2 Å². The lowest BCUT2D eigenvalue weighted by Crippen LogP contribution is -2.51. The van der Waals surface area contributed by atoms with Crippen LogP contribution in [0.3, 0.4) is 0 Å². The molecule has 4 amide bonds. The van der Waals surface area contributed by atoms with Gasteiger partial charge in [0, 0.05) is 12.8 Å². The van der Waals surface area contributed by atoms with Crippen molar-refractivity contribution in [3.63, 3.8) is 0 Å². The quantitative estimate of drug-likeness (QED) is 0.121. The monoisotopic (exact) mass is 822 g/mol. The van der Waals surface area contributed by atoms with E-state index in [4.69, 9.17) is 29.1 Å². The van der Waals surface area contributed by atoms with Crippen molar-refractivity contribution in [1.82, 2.24) is 40.7 Å². The summed E-state index contributed by atoms with van der Waals surface area (Å²) in [4.78, 5) is 80.9. The highest BCUT2D eigenvalue weighted by Crippen LogP contribution is 2.52. The first kappa shape index (κ1) is 41.0. The van der Waals surface area contributed by atoms with Crippen molar-refractivity contribution >= 4 is 24.0 Å². The zero-order valence-electron chi connectivity index (χ0n) is 34.9. The van der Waals surface area contributed by atoms with Crippen LogP contribution in [0.4, 0.5) is 9.59 Å². The third-order valence-electron chi connectivity index (χ3n) is 12.6. The fraction of sp³-hybridized carbons (Fsp3) is 0.500. The third-order valence-corrected chi connectivity index (χ3v) is 12.6. The molecule has 4 N–H and O–H groups in total. The molecular formula is C44H54N8O8. The van der Waals surface area contributed by atoms with Crippen molar-refractivity contribution in [3.8, 4) is 33.6 Å². The lowest BCUT2D eigenvalue weighted by atomic mass is 9.77. The first-order chi connectivity index (χ1) is 28.8. The van der Waals surface area contributed by atoms with Gasteiger partial charge in [0.05, 0.1) is 49.2 Å². The minimum absolute atomic E-state index is 0.191. The summed E-state index contributed by atoms with van der Waals surface area (Å²) in [5.74, 6) is 0.206. The number of carbonyl (C=O) groups excluding carboxylic acids is 4. The number of rotatable bonds is 11. The Morgan fingerprint density at radius 3 is 1.28 bits per heavy atom. The molecule has 16 nitrogen and oxygen atoms in total. The van der Waals surface area contributed by atoms with Crippen LogP contribution in [0.5, 0.6) is 0 Å². The van der Waals surface area contributed by atoms with E-state index in [1.807, 2.05) is 52.0 Å². The molecule has 2 aliphatic carbocycles. The van der Waals surface area contributed by atoms with E-state index >= 15 is 0 Å². The molecule has 0 unspecified atom stereocenters. The summed E-state index contributed by atoms with van der Waals surface area (Å²) in [5, 5.41) is 8.18. The zero-order chi connectivity index (χ0) is 42.3. The number of nitrogens with one attached hydrogen (secondary N) is 4. The zero-order valence-corrected chi connectivity index (χ0v) is 34.9. The molecule has 60 heavy (non-hydrogen) atoms. The molecule has 8 rings (SSSR count). The maximum absolute atomic E-state index is 13.9. The molecule has 318 valence electrons. The van der Waals surface area contributed by atoms with Crippen LogP contribution < -0.4 is 10.6 Å². The third kappa shape index (κ3) is 7.85. The van der Waals surface area contributed by atoms with E-state index in [0.29, 0.717) is 24.5 Å². The van der Waals surface area contributed by atoms with Crippen LogP contribution >= 0.6 is 0 Å². The van der Waals surface area contributed by atoms with Crippen LogP contribution in [0, 0.1) is 11.8 Å². The second kappa shape index (κ2) is 16.4. The summed E-state index contributed by atoms with van der Waals surface area (Å²) in [6, 6.07) is 13.9. The van der Waals surface area contributed by atoms with Gasteiger partial charge in [-0.2, -0.15) is 0 Å². The number of carbonyl (C=O) groups is 4. The molecule has 2 saturated carbocycles. The molecule has 0 radical (unpaired) electrons. The van der Waals surface area contributed by atoms with Crippen molar-refractivity contribution < 1.29 is 38.3 Å². The minimum Gasteiger partial charge on any atom is -0.453 e. The number of amides is 4. The number of alkyl carbamates (subject to hydrolysis) is 2. The first-order valence-corrected chi connectivity index (χ1v) is 20.9. The predicted octanol–water partition coefficient (Wildman–Crippen LogP) is 7.15. The Morgan fingerprint density at radius 1 is 0.633 bits per heavy atom. The Morgan fingerprint density at radius 2 is 0.983 bits per heavy atom. The summed E-state index contributed by atoms with van der Waals surface area (Å²) in [6.07, 6.45) is 8.95. The number of imidazole rings is 2. The van der Waals surface area contributed by atoms with Crippen molar-refractivity contribution in [1.29, 1.82) is 0 Å². The number of hydrogen-bond donors (Lipinski definition) is 4. The Labute approximate surface area is 349 Å². The molecule has 2 saturated heterocycles. The van der Waals surface area contributed by atoms with Gasteiger partial charge >= 0.3 is 12.2 Å². The van der Waals surface area contributed by atoms with Crippen LogP contribution in [0.2, 0.25) is 0 Å². The van der Waals surface area contributed by atoms with Crippen molar-refractivity contribution in [2.45, 2.75) is 114 Å². The molecular weight excluding hydrogens is 769 g/mol. The lowest BCUT2D eigenvalue weighted by molar-refractivity contribution is -0.230. The molecule has 4 heterocycles. The van der Waals surface area contributed by atoms with E-state index < -0.39 is 47.6 Å². The van der Waals surface area contributed by atoms with Gasteiger partial charge in [0.25, 0.3) is 11.8 Å². The average Bonchev–Trinajstić information content (AvgIpc) is 4.05. The largest absolute Gasteiger partial charge is 0.453 e. The van der Waals surface area contributed by atoms with Gasteiger partial charge < -0.3 is 30.1 Å². The molecule has 2 aromatic heterocycles. The van der Waals surface area contributed by atoms with E-state index in [2.05, 4.69) is 44.9 Å². The second-order valence-corrected chi connectivity index (χ2v) is 17.3. The molecule has 0 bridgehead atoms. The maximum atomic E-state index is 13.9. The van der Waals surface area contributed by atoms with Crippen LogP contribution in [-0.4, -0.2) is 91.6 Å². The van der Waals surface area contributed by atoms with E-state index in [1.165, 1.54) is 24.3 Å². The summed E-state index contributed by atoms with van der Waals surface area (Å²) >= 11 is 0. The Hall–Kier alpha value is -5.74. The van der Waals surface area contributed by atoms with Crippen LogP contribution in [0.25, 0.3) is 33.6 Å². The number of hydrogen-bond acceptors (Lipinski definition) is 10.